The number of hydrogen-bond donors (Lipinski definition) is 0. The predicted molar refractivity (Wildman–Crippen MR) is 132 cm³/mol. The van der Waals surface area contributed by atoms with E-state index in [1.807, 2.05) is 24.5 Å². The molecule has 0 aliphatic heterocycles. The molecular formula is C28H18N4. The molecular weight excluding hydrogens is 392 g/mol. The van der Waals surface area contributed by atoms with Crippen LogP contribution in [-0.2, 0) is 7.05 Å². The summed E-state index contributed by atoms with van der Waals surface area (Å²) in [4.78, 5) is 14.6. The second-order valence-corrected chi connectivity index (χ2v) is 8.18. The molecule has 0 aliphatic carbocycles. The lowest BCUT2D eigenvalue weighted by Gasteiger charge is -2.12. The summed E-state index contributed by atoms with van der Waals surface area (Å²) in [6.45, 7) is 0. The van der Waals surface area contributed by atoms with Gasteiger partial charge in [0.2, 0.25) is 0 Å². The highest BCUT2D eigenvalue weighted by atomic mass is 15.1. The molecule has 150 valence electrons. The zero-order valence-corrected chi connectivity index (χ0v) is 17.4. The molecule has 0 spiro atoms. The van der Waals surface area contributed by atoms with Gasteiger partial charge in [0, 0.05) is 35.8 Å². The van der Waals surface area contributed by atoms with Crippen LogP contribution in [0.4, 0.5) is 0 Å². The largest absolute Gasteiger partial charge is 0.326 e. The van der Waals surface area contributed by atoms with E-state index in [0.29, 0.717) is 0 Å². The molecule has 0 amide bonds. The number of benzene rings is 4. The van der Waals surface area contributed by atoms with Gasteiger partial charge < -0.3 is 4.57 Å². The smallest absolute Gasteiger partial charge is 0.142 e. The van der Waals surface area contributed by atoms with Gasteiger partial charge in [-0.3, -0.25) is 9.97 Å². The van der Waals surface area contributed by atoms with Gasteiger partial charge in [-0.15, -0.1) is 0 Å². The van der Waals surface area contributed by atoms with E-state index in [4.69, 9.17) is 4.98 Å². The van der Waals surface area contributed by atoms with Gasteiger partial charge in [-0.2, -0.15) is 0 Å². The van der Waals surface area contributed by atoms with Crippen molar-refractivity contribution >= 4 is 54.4 Å². The quantitative estimate of drug-likeness (QED) is 0.225. The molecule has 4 aromatic carbocycles. The van der Waals surface area contributed by atoms with Gasteiger partial charge in [-0.25, -0.2) is 4.98 Å². The van der Waals surface area contributed by atoms with Crippen molar-refractivity contribution in [1.29, 1.82) is 0 Å². The van der Waals surface area contributed by atoms with Crippen LogP contribution in [0, 0.1) is 0 Å². The Morgan fingerprint density at radius 2 is 1.16 bits per heavy atom. The van der Waals surface area contributed by atoms with Crippen LogP contribution in [-0.4, -0.2) is 19.5 Å². The molecule has 0 fully saturated rings. The zero-order chi connectivity index (χ0) is 21.2. The van der Waals surface area contributed by atoms with Gasteiger partial charge in [0.25, 0.3) is 0 Å². The summed E-state index contributed by atoms with van der Waals surface area (Å²) in [7, 11) is 2.11. The summed E-state index contributed by atoms with van der Waals surface area (Å²) in [5.74, 6) is 0.953. The van der Waals surface area contributed by atoms with Crippen LogP contribution in [0.5, 0.6) is 0 Å². The molecule has 3 heterocycles. The van der Waals surface area contributed by atoms with Crippen LogP contribution in [0.3, 0.4) is 0 Å². The van der Waals surface area contributed by atoms with Crippen LogP contribution in [0.15, 0.2) is 91.3 Å². The Kier molecular flexibility index (Phi) is 3.45. The Bertz CT molecular complexity index is 1790. The number of hydrogen-bond acceptors (Lipinski definition) is 3. The molecule has 7 rings (SSSR count). The highest BCUT2D eigenvalue weighted by Crippen LogP contribution is 2.40. The number of rotatable bonds is 1. The first kappa shape index (κ1) is 17.4. The number of aryl methyl sites for hydroxylation is 1. The lowest BCUT2D eigenvalue weighted by molar-refractivity contribution is 0.965. The molecule has 32 heavy (non-hydrogen) atoms. The zero-order valence-electron chi connectivity index (χ0n) is 17.4. The number of imidazole rings is 1. The minimum atomic E-state index is 0.892. The van der Waals surface area contributed by atoms with Gasteiger partial charge in [-0.1, -0.05) is 48.5 Å². The minimum Gasteiger partial charge on any atom is -0.326 e. The molecule has 4 heteroatoms. The molecule has 0 saturated carbocycles. The van der Waals surface area contributed by atoms with Gasteiger partial charge in [0.05, 0.1) is 22.1 Å². The van der Waals surface area contributed by atoms with Gasteiger partial charge >= 0.3 is 0 Å². The summed E-state index contributed by atoms with van der Waals surface area (Å²) in [6, 6.07) is 27.5. The topological polar surface area (TPSA) is 43.6 Å². The number of fused-ring (bicyclic) bond motifs is 8. The fourth-order valence-electron chi connectivity index (χ4n) is 5.04. The normalized spacial score (nSPS) is 11.9. The molecule has 0 unspecified atom stereocenters. The number of pyridine rings is 2. The van der Waals surface area contributed by atoms with Crippen molar-refractivity contribution in [2.24, 2.45) is 7.05 Å². The molecule has 0 atom stereocenters. The van der Waals surface area contributed by atoms with Gasteiger partial charge in [0.15, 0.2) is 0 Å². The van der Waals surface area contributed by atoms with E-state index in [1.165, 1.54) is 21.5 Å². The third-order valence-corrected chi connectivity index (χ3v) is 6.44. The monoisotopic (exact) mass is 410 g/mol. The van der Waals surface area contributed by atoms with Crippen molar-refractivity contribution in [3.8, 4) is 11.4 Å². The average molecular weight is 410 g/mol. The first-order valence-corrected chi connectivity index (χ1v) is 10.7. The third kappa shape index (κ3) is 2.24. The van der Waals surface area contributed by atoms with E-state index in [1.54, 1.807) is 0 Å². The molecule has 0 aliphatic rings. The van der Waals surface area contributed by atoms with E-state index in [9.17, 15) is 0 Å². The Balaban J connectivity index is 1.74. The van der Waals surface area contributed by atoms with Crippen molar-refractivity contribution in [3.63, 3.8) is 0 Å². The van der Waals surface area contributed by atoms with Crippen LogP contribution < -0.4 is 0 Å². The first-order valence-electron chi connectivity index (χ1n) is 10.7. The second kappa shape index (κ2) is 6.34. The van der Waals surface area contributed by atoms with Crippen LogP contribution >= 0.6 is 0 Å². The van der Waals surface area contributed by atoms with Crippen molar-refractivity contribution in [2.75, 3.05) is 0 Å². The fraction of sp³-hybridized carbons (Fsp3) is 0.0357. The maximum Gasteiger partial charge on any atom is 0.142 e. The maximum atomic E-state index is 5.26. The van der Waals surface area contributed by atoms with Crippen LogP contribution in [0.2, 0.25) is 0 Å². The SMILES string of the molecule is Cn1c(-c2c3ccccc3cc3ccccc23)nc2c3cccnc3c3ncccc3c21. The predicted octanol–water partition coefficient (Wildman–Crippen LogP) is 6.64. The fourth-order valence-corrected chi connectivity index (χ4v) is 5.04. The molecule has 7 aromatic rings. The lowest BCUT2D eigenvalue weighted by atomic mass is 9.96. The number of nitrogens with zero attached hydrogens (tertiary/aromatic N) is 4. The minimum absolute atomic E-state index is 0.892. The summed E-state index contributed by atoms with van der Waals surface area (Å²) >= 11 is 0. The van der Waals surface area contributed by atoms with Crippen LogP contribution in [0.25, 0.3) is 65.8 Å². The molecule has 0 N–H and O–H groups in total. The molecule has 3 aromatic heterocycles. The summed E-state index contributed by atoms with van der Waals surface area (Å²) < 4.78 is 2.22. The third-order valence-electron chi connectivity index (χ3n) is 6.44. The van der Waals surface area contributed by atoms with Crippen molar-refractivity contribution in [1.82, 2.24) is 19.5 Å². The summed E-state index contributed by atoms with van der Waals surface area (Å²) in [6.07, 6.45) is 3.65. The van der Waals surface area contributed by atoms with Gasteiger partial charge in [0.1, 0.15) is 5.82 Å². The standard InChI is InChI=1S/C28H18N4/c1-32-27-22-13-7-15-30-25(22)24-21(12-6-14-29-24)26(27)31-28(32)23-19-10-4-2-8-17(19)16-18-9-3-5-11-20(18)23/h2-16H,1H3. The molecule has 0 saturated heterocycles. The highest BCUT2D eigenvalue weighted by Gasteiger charge is 2.20. The summed E-state index contributed by atoms with van der Waals surface area (Å²) in [5, 5.41) is 6.93. The Morgan fingerprint density at radius 3 is 1.84 bits per heavy atom. The van der Waals surface area contributed by atoms with Crippen molar-refractivity contribution in [3.05, 3.63) is 91.3 Å². The van der Waals surface area contributed by atoms with Crippen molar-refractivity contribution in [2.45, 2.75) is 0 Å². The molecule has 0 bridgehead atoms. The Morgan fingerprint density at radius 1 is 0.594 bits per heavy atom. The second-order valence-electron chi connectivity index (χ2n) is 8.18. The Hall–Kier alpha value is -4.31. The van der Waals surface area contributed by atoms with E-state index < -0.39 is 0 Å². The van der Waals surface area contributed by atoms with Crippen LogP contribution in [0.1, 0.15) is 0 Å². The maximum absolute atomic E-state index is 5.26. The van der Waals surface area contributed by atoms with Crippen molar-refractivity contribution < 1.29 is 0 Å². The van der Waals surface area contributed by atoms with E-state index in [-0.39, 0.29) is 0 Å². The number of aromatic nitrogens is 4. The molecule has 4 nitrogen and oxygen atoms in total. The van der Waals surface area contributed by atoms with Gasteiger partial charge in [-0.05, 0) is 51.9 Å². The Labute approximate surface area is 183 Å². The first-order chi connectivity index (χ1) is 15.8. The lowest BCUT2D eigenvalue weighted by Crippen LogP contribution is -1.96. The molecule has 0 radical (unpaired) electrons. The van der Waals surface area contributed by atoms with E-state index >= 15 is 0 Å². The van der Waals surface area contributed by atoms with E-state index in [2.05, 4.69) is 88.3 Å². The average Bonchev–Trinajstić information content (AvgIpc) is 3.20. The summed E-state index contributed by atoms with van der Waals surface area (Å²) in [5.41, 5.74) is 5.01. The highest BCUT2D eigenvalue weighted by molar-refractivity contribution is 6.22. The van der Waals surface area contributed by atoms with E-state index in [0.717, 1.165) is 44.2 Å².